The first kappa shape index (κ1) is 15.8. The maximum Gasteiger partial charge on any atom is 0.239 e. The number of amides is 1. The average molecular weight is 328 g/mol. The number of hydrogen-bond acceptors (Lipinski definition) is 3. The molecule has 1 N–H and O–H groups in total. The third kappa shape index (κ3) is 2.87. The van der Waals surface area contributed by atoms with Gasteiger partial charge < -0.3 is 15.0 Å². The van der Waals surface area contributed by atoms with Gasteiger partial charge >= 0.3 is 0 Å². The lowest BCUT2D eigenvalue weighted by atomic mass is 9.53. The van der Waals surface area contributed by atoms with Crippen molar-refractivity contribution in [2.45, 2.75) is 44.1 Å². The molecule has 4 bridgehead atoms. The van der Waals surface area contributed by atoms with Crippen molar-refractivity contribution < 1.29 is 9.53 Å². The molecule has 0 spiro atoms. The van der Waals surface area contributed by atoms with Gasteiger partial charge in [-0.25, -0.2) is 0 Å². The molecule has 0 unspecified atom stereocenters. The van der Waals surface area contributed by atoms with Gasteiger partial charge in [0.1, 0.15) is 5.75 Å². The van der Waals surface area contributed by atoms with E-state index in [-0.39, 0.29) is 11.4 Å². The molecule has 1 aromatic carbocycles. The van der Waals surface area contributed by atoms with Crippen LogP contribution >= 0.6 is 0 Å². The zero-order valence-electron chi connectivity index (χ0n) is 14.8. The monoisotopic (exact) mass is 328 g/mol. The first-order valence-corrected chi connectivity index (χ1v) is 9.22. The number of nitrogens with zero attached hydrogens (tertiary/aromatic N) is 1. The number of benzene rings is 1. The highest BCUT2D eigenvalue weighted by molar-refractivity contribution is 5.82. The third-order valence-corrected chi connectivity index (χ3v) is 6.32. The minimum Gasteiger partial charge on any atom is -0.495 e. The van der Waals surface area contributed by atoms with Crippen LogP contribution in [0.15, 0.2) is 24.3 Å². The number of methoxy groups -OCH3 is 1. The predicted molar refractivity (Wildman–Crippen MR) is 95.3 cm³/mol. The molecule has 5 rings (SSSR count). The Morgan fingerprint density at radius 2 is 1.75 bits per heavy atom. The molecule has 4 nitrogen and oxygen atoms in total. The molecular weight excluding hydrogens is 300 g/mol. The van der Waals surface area contributed by atoms with E-state index in [2.05, 4.69) is 5.32 Å². The molecular formula is C20H28N2O2. The van der Waals surface area contributed by atoms with Crippen LogP contribution in [0.1, 0.15) is 38.5 Å². The van der Waals surface area contributed by atoms with Gasteiger partial charge in [0.25, 0.3) is 0 Å². The highest BCUT2D eigenvalue weighted by Crippen LogP contribution is 2.55. The van der Waals surface area contributed by atoms with Crippen molar-refractivity contribution in [1.82, 2.24) is 5.32 Å². The molecule has 0 atom stereocenters. The van der Waals surface area contributed by atoms with Gasteiger partial charge in [0.2, 0.25) is 5.91 Å². The molecule has 4 saturated carbocycles. The van der Waals surface area contributed by atoms with E-state index in [1.807, 2.05) is 36.2 Å². The Morgan fingerprint density at radius 3 is 2.33 bits per heavy atom. The van der Waals surface area contributed by atoms with E-state index in [4.69, 9.17) is 4.74 Å². The highest BCUT2D eigenvalue weighted by Gasteiger charge is 2.51. The number of likely N-dealkylation sites (N-methyl/N-ethyl adjacent to an activating group) is 1. The van der Waals surface area contributed by atoms with Crippen LogP contribution in [0.4, 0.5) is 5.69 Å². The number of carbonyl (C=O) groups excluding carboxylic acids is 1. The van der Waals surface area contributed by atoms with E-state index in [0.29, 0.717) is 6.54 Å². The van der Waals surface area contributed by atoms with Crippen molar-refractivity contribution in [3.05, 3.63) is 24.3 Å². The number of para-hydroxylation sites is 2. The topological polar surface area (TPSA) is 41.6 Å². The van der Waals surface area contributed by atoms with Crippen LogP contribution in [-0.4, -0.2) is 32.1 Å². The summed E-state index contributed by atoms with van der Waals surface area (Å²) in [5.41, 5.74) is 1.05. The van der Waals surface area contributed by atoms with E-state index in [9.17, 15) is 4.79 Å². The van der Waals surface area contributed by atoms with E-state index in [0.717, 1.165) is 29.2 Å². The summed E-state index contributed by atoms with van der Waals surface area (Å²) in [6.07, 6.45) is 7.79. The molecule has 4 aliphatic carbocycles. The van der Waals surface area contributed by atoms with Gasteiger partial charge in [-0.1, -0.05) is 12.1 Å². The molecule has 24 heavy (non-hydrogen) atoms. The summed E-state index contributed by atoms with van der Waals surface area (Å²) in [5.74, 6) is 3.50. The second-order valence-electron chi connectivity index (χ2n) is 8.27. The normalized spacial score (nSPS) is 33.3. The largest absolute Gasteiger partial charge is 0.495 e. The summed E-state index contributed by atoms with van der Waals surface area (Å²) in [6.45, 7) is 0.377. The molecule has 1 amide bonds. The first-order chi connectivity index (χ1) is 11.6. The molecule has 0 radical (unpaired) electrons. The van der Waals surface area contributed by atoms with Crippen molar-refractivity contribution in [3.8, 4) is 5.75 Å². The maximum atomic E-state index is 12.7. The minimum absolute atomic E-state index is 0.0907. The molecule has 4 fully saturated rings. The standard InChI is InChI=1S/C20H28N2O2/c1-22(17-5-3-4-6-18(17)24-2)13-19(23)21-20-10-14-7-15(11-20)9-16(8-14)12-20/h3-6,14-16H,7-13H2,1-2H3,(H,21,23). The lowest BCUT2D eigenvalue weighted by Crippen LogP contribution is -2.60. The fourth-order valence-electron chi connectivity index (χ4n) is 5.84. The number of carbonyl (C=O) groups is 1. The predicted octanol–water partition coefficient (Wildman–Crippen LogP) is 3.22. The number of nitrogens with one attached hydrogen (secondary N) is 1. The van der Waals surface area contributed by atoms with Crippen molar-refractivity contribution in [1.29, 1.82) is 0 Å². The number of rotatable bonds is 5. The van der Waals surface area contributed by atoms with E-state index in [1.54, 1.807) is 7.11 Å². The van der Waals surface area contributed by atoms with Crippen molar-refractivity contribution in [3.63, 3.8) is 0 Å². The third-order valence-electron chi connectivity index (χ3n) is 6.32. The van der Waals surface area contributed by atoms with Gasteiger partial charge in [0.05, 0.1) is 19.3 Å². The summed E-state index contributed by atoms with van der Waals surface area (Å²) >= 11 is 0. The minimum atomic E-state index is 0.0907. The lowest BCUT2D eigenvalue weighted by Gasteiger charge is -2.57. The van der Waals surface area contributed by atoms with E-state index >= 15 is 0 Å². The Hall–Kier alpha value is -1.71. The van der Waals surface area contributed by atoms with Crippen LogP contribution in [0.3, 0.4) is 0 Å². The first-order valence-electron chi connectivity index (χ1n) is 9.22. The fourth-order valence-corrected chi connectivity index (χ4v) is 5.84. The summed E-state index contributed by atoms with van der Waals surface area (Å²) in [5, 5.41) is 3.44. The number of anilines is 1. The Morgan fingerprint density at radius 1 is 1.17 bits per heavy atom. The number of ether oxygens (including phenoxy) is 1. The van der Waals surface area contributed by atoms with Crippen molar-refractivity contribution >= 4 is 11.6 Å². The van der Waals surface area contributed by atoms with Gasteiger partial charge in [-0.2, -0.15) is 0 Å². The highest BCUT2D eigenvalue weighted by atomic mass is 16.5. The Bertz CT molecular complexity index is 593. The van der Waals surface area contributed by atoms with Gasteiger partial charge in [-0.3, -0.25) is 4.79 Å². The zero-order valence-corrected chi connectivity index (χ0v) is 14.8. The summed E-state index contributed by atoms with van der Waals surface area (Å²) < 4.78 is 5.41. The Balaban J connectivity index is 1.42. The average Bonchev–Trinajstić information content (AvgIpc) is 2.52. The van der Waals surface area contributed by atoms with Crippen LogP contribution in [0.2, 0.25) is 0 Å². The molecule has 0 saturated heterocycles. The number of hydrogen-bond donors (Lipinski definition) is 1. The van der Waals surface area contributed by atoms with Gasteiger partial charge in [0, 0.05) is 12.6 Å². The molecule has 0 aromatic heterocycles. The maximum absolute atomic E-state index is 12.7. The zero-order chi connectivity index (χ0) is 16.7. The SMILES string of the molecule is COc1ccccc1N(C)CC(=O)NC12CC3CC(CC(C3)C1)C2. The molecule has 0 aliphatic heterocycles. The van der Waals surface area contributed by atoms with Gasteiger partial charge in [-0.15, -0.1) is 0 Å². The van der Waals surface area contributed by atoms with Gasteiger partial charge in [-0.05, 0) is 68.4 Å². The van der Waals surface area contributed by atoms with E-state index in [1.165, 1.54) is 38.5 Å². The molecule has 4 aliphatic rings. The fraction of sp³-hybridized carbons (Fsp3) is 0.650. The van der Waals surface area contributed by atoms with Crippen LogP contribution in [0, 0.1) is 17.8 Å². The van der Waals surface area contributed by atoms with Crippen molar-refractivity contribution in [2.24, 2.45) is 17.8 Å². The Kier molecular flexibility index (Phi) is 3.93. The summed E-state index contributed by atoms with van der Waals surface area (Å²) in [4.78, 5) is 14.7. The van der Waals surface area contributed by atoms with E-state index < -0.39 is 0 Å². The summed E-state index contributed by atoms with van der Waals surface area (Å²) in [7, 11) is 3.62. The van der Waals surface area contributed by atoms with Crippen LogP contribution in [0.5, 0.6) is 5.75 Å². The van der Waals surface area contributed by atoms with Crippen LogP contribution in [0.25, 0.3) is 0 Å². The quantitative estimate of drug-likeness (QED) is 0.902. The van der Waals surface area contributed by atoms with Crippen LogP contribution < -0.4 is 15.0 Å². The molecule has 4 heteroatoms. The second kappa shape index (κ2) is 5.98. The Labute approximate surface area is 144 Å². The lowest BCUT2D eigenvalue weighted by molar-refractivity contribution is -0.125. The molecule has 1 aromatic rings. The second-order valence-corrected chi connectivity index (χ2v) is 8.27. The molecule has 0 heterocycles. The van der Waals surface area contributed by atoms with Crippen LogP contribution in [-0.2, 0) is 4.79 Å². The summed E-state index contributed by atoms with van der Waals surface area (Å²) in [6, 6.07) is 7.86. The van der Waals surface area contributed by atoms with Crippen molar-refractivity contribution in [2.75, 3.05) is 25.6 Å². The van der Waals surface area contributed by atoms with Gasteiger partial charge in [0.15, 0.2) is 0 Å². The smallest absolute Gasteiger partial charge is 0.239 e. The molecule has 130 valence electrons.